The first-order chi connectivity index (χ1) is 9.85. The molecule has 2 aliphatic heterocycles. The number of benzene rings is 1. The van der Waals surface area contributed by atoms with E-state index >= 15 is 0 Å². The number of fused-ring (bicyclic) bond motifs is 1. The minimum atomic E-state index is 0.462. The van der Waals surface area contributed by atoms with Crippen LogP contribution in [0.15, 0.2) is 29.2 Å². The molecule has 1 N–H and O–H groups in total. The summed E-state index contributed by atoms with van der Waals surface area (Å²) >= 11 is 2.05. The number of nitrogens with zero attached hydrogens (tertiary/aromatic N) is 1. The molecule has 1 aromatic carbocycles. The maximum absolute atomic E-state index is 3.82. The van der Waals surface area contributed by atoms with Crippen LogP contribution in [0.3, 0.4) is 0 Å². The van der Waals surface area contributed by atoms with Gasteiger partial charge in [-0.25, -0.2) is 0 Å². The lowest BCUT2D eigenvalue weighted by atomic mass is 9.93. The van der Waals surface area contributed by atoms with Crippen LogP contribution in [0, 0.1) is 0 Å². The van der Waals surface area contributed by atoms with Crippen molar-refractivity contribution >= 4 is 11.8 Å². The van der Waals surface area contributed by atoms with E-state index in [0.29, 0.717) is 5.54 Å². The minimum absolute atomic E-state index is 0.462. The average molecular weight is 288 g/mol. The van der Waals surface area contributed by atoms with E-state index in [1.54, 1.807) is 5.56 Å². The predicted octanol–water partition coefficient (Wildman–Crippen LogP) is 3.09. The molecule has 2 heterocycles. The highest BCUT2D eigenvalue weighted by molar-refractivity contribution is 7.99. The largest absolute Gasteiger partial charge is 0.309 e. The van der Waals surface area contributed by atoms with Crippen molar-refractivity contribution in [1.29, 1.82) is 0 Å². The summed E-state index contributed by atoms with van der Waals surface area (Å²) in [5.41, 5.74) is 2.06. The van der Waals surface area contributed by atoms with Gasteiger partial charge in [0.05, 0.1) is 0 Å². The van der Waals surface area contributed by atoms with Crippen molar-refractivity contribution in [2.75, 3.05) is 31.9 Å². The van der Waals surface area contributed by atoms with Crippen LogP contribution in [0.25, 0.3) is 0 Å². The van der Waals surface area contributed by atoms with Crippen molar-refractivity contribution < 1.29 is 0 Å². The zero-order valence-corrected chi connectivity index (χ0v) is 12.9. The van der Waals surface area contributed by atoms with Crippen molar-refractivity contribution in [1.82, 2.24) is 10.2 Å². The van der Waals surface area contributed by atoms with Gasteiger partial charge in [-0.15, -0.1) is 11.8 Å². The second-order valence-corrected chi connectivity index (χ2v) is 7.76. The van der Waals surface area contributed by atoms with Crippen LogP contribution in [0.5, 0.6) is 0 Å². The first-order valence-electron chi connectivity index (χ1n) is 8.04. The van der Waals surface area contributed by atoms with Gasteiger partial charge < -0.3 is 5.32 Å². The fourth-order valence-electron chi connectivity index (χ4n) is 4.28. The summed E-state index contributed by atoms with van der Waals surface area (Å²) < 4.78 is 0. The average Bonchev–Trinajstić information content (AvgIpc) is 3.08. The van der Waals surface area contributed by atoms with Crippen LogP contribution in [0.2, 0.25) is 0 Å². The number of rotatable bonds is 2. The molecule has 20 heavy (non-hydrogen) atoms. The molecule has 3 aliphatic rings. The van der Waals surface area contributed by atoms with E-state index in [9.17, 15) is 0 Å². The highest BCUT2D eigenvalue weighted by atomic mass is 32.2. The third-order valence-corrected chi connectivity index (χ3v) is 6.54. The van der Waals surface area contributed by atoms with Crippen LogP contribution < -0.4 is 5.32 Å². The molecule has 1 atom stereocenters. The van der Waals surface area contributed by atoms with Crippen molar-refractivity contribution in [3.8, 4) is 0 Å². The van der Waals surface area contributed by atoms with E-state index in [4.69, 9.17) is 0 Å². The molecule has 0 bridgehead atoms. The van der Waals surface area contributed by atoms with Crippen molar-refractivity contribution in [2.24, 2.45) is 0 Å². The molecule has 108 valence electrons. The van der Waals surface area contributed by atoms with Gasteiger partial charge in [-0.3, -0.25) is 4.90 Å². The van der Waals surface area contributed by atoms with Gasteiger partial charge in [0.15, 0.2) is 0 Å². The van der Waals surface area contributed by atoms with Gasteiger partial charge >= 0.3 is 0 Å². The van der Waals surface area contributed by atoms with Crippen LogP contribution in [0.1, 0.15) is 37.2 Å². The van der Waals surface area contributed by atoms with Crippen LogP contribution in [-0.4, -0.2) is 42.4 Å². The Bertz CT molecular complexity index is 482. The molecule has 4 rings (SSSR count). The Kier molecular flexibility index (Phi) is 3.53. The van der Waals surface area contributed by atoms with Gasteiger partial charge in [0.25, 0.3) is 0 Å². The van der Waals surface area contributed by atoms with Crippen LogP contribution in [-0.2, 0) is 0 Å². The molecule has 1 saturated heterocycles. The Labute approximate surface area is 126 Å². The van der Waals surface area contributed by atoms with Crippen molar-refractivity contribution in [2.45, 2.75) is 42.0 Å². The van der Waals surface area contributed by atoms with Gasteiger partial charge in [0.2, 0.25) is 0 Å². The third kappa shape index (κ3) is 2.40. The lowest BCUT2D eigenvalue weighted by Gasteiger charge is -2.42. The summed E-state index contributed by atoms with van der Waals surface area (Å²) in [4.78, 5) is 4.25. The molecule has 1 aromatic rings. The molecular formula is C17H24N2S. The number of hydrogen-bond donors (Lipinski definition) is 1. The summed E-state index contributed by atoms with van der Waals surface area (Å²) in [6.45, 7) is 4.94. The molecule has 2 fully saturated rings. The summed E-state index contributed by atoms with van der Waals surface area (Å²) in [5, 5.41) is 3.82. The second-order valence-electron chi connectivity index (χ2n) is 6.70. The lowest BCUT2D eigenvalue weighted by molar-refractivity contribution is 0.130. The van der Waals surface area contributed by atoms with Crippen molar-refractivity contribution in [3.63, 3.8) is 0 Å². The summed E-state index contributed by atoms with van der Waals surface area (Å²) in [7, 11) is 0. The van der Waals surface area contributed by atoms with Gasteiger partial charge in [0.1, 0.15) is 0 Å². The topological polar surface area (TPSA) is 15.3 Å². The molecule has 1 unspecified atom stereocenters. The monoisotopic (exact) mass is 288 g/mol. The quantitative estimate of drug-likeness (QED) is 0.900. The molecule has 0 amide bonds. The van der Waals surface area contributed by atoms with E-state index in [1.165, 1.54) is 62.5 Å². The Morgan fingerprint density at radius 1 is 1.25 bits per heavy atom. The van der Waals surface area contributed by atoms with E-state index in [0.717, 1.165) is 5.92 Å². The van der Waals surface area contributed by atoms with E-state index in [1.807, 2.05) is 11.8 Å². The fraction of sp³-hybridized carbons (Fsp3) is 0.647. The summed E-state index contributed by atoms with van der Waals surface area (Å²) in [6.07, 6.45) is 5.62. The normalized spacial score (nSPS) is 28.9. The highest BCUT2D eigenvalue weighted by Gasteiger charge is 2.38. The van der Waals surface area contributed by atoms with Gasteiger partial charge in [-0.1, -0.05) is 31.0 Å². The maximum Gasteiger partial charge on any atom is 0.0309 e. The molecule has 3 heteroatoms. The Morgan fingerprint density at radius 2 is 2.10 bits per heavy atom. The Balaban J connectivity index is 1.45. The highest BCUT2D eigenvalue weighted by Crippen LogP contribution is 2.40. The Hall–Kier alpha value is -0.510. The maximum atomic E-state index is 3.82. The third-order valence-electron chi connectivity index (χ3n) is 5.29. The number of hydrogen-bond acceptors (Lipinski definition) is 3. The summed E-state index contributed by atoms with van der Waals surface area (Å²) in [5.74, 6) is 2.02. The van der Waals surface area contributed by atoms with Gasteiger partial charge in [0, 0.05) is 48.3 Å². The zero-order valence-electron chi connectivity index (χ0n) is 12.1. The molecular weight excluding hydrogens is 264 g/mol. The smallest absolute Gasteiger partial charge is 0.0309 e. The molecule has 0 radical (unpaired) electrons. The zero-order chi connectivity index (χ0) is 13.4. The first kappa shape index (κ1) is 13.2. The minimum Gasteiger partial charge on any atom is -0.309 e. The van der Waals surface area contributed by atoms with Crippen LogP contribution >= 0.6 is 11.8 Å². The fourth-order valence-corrected chi connectivity index (χ4v) is 5.52. The molecule has 1 saturated carbocycles. The molecule has 0 aromatic heterocycles. The van der Waals surface area contributed by atoms with Gasteiger partial charge in [-0.05, 0) is 24.5 Å². The van der Waals surface area contributed by atoms with Crippen molar-refractivity contribution in [3.05, 3.63) is 29.8 Å². The predicted molar refractivity (Wildman–Crippen MR) is 85.5 cm³/mol. The molecule has 2 nitrogen and oxygen atoms in total. The SMILES string of the molecule is c1ccc2c(c1)SCC2CN1CCNC2(CCCC2)C1. The van der Waals surface area contributed by atoms with E-state index in [-0.39, 0.29) is 0 Å². The standard InChI is InChI=1S/C17H24N2S/c1-2-6-16-15(5-1)14(12-20-16)11-19-10-9-18-17(13-19)7-3-4-8-17/h1-2,5-6,14,18H,3-4,7-13H2. The van der Waals surface area contributed by atoms with E-state index < -0.39 is 0 Å². The number of piperazine rings is 1. The molecule has 1 aliphatic carbocycles. The Morgan fingerprint density at radius 3 is 3.00 bits per heavy atom. The lowest BCUT2D eigenvalue weighted by Crippen LogP contribution is -2.59. The van der Waals surface area contributed by atoms with Crippen LogP contribution in [0.4, 0.5) is 0 Å². The number of thioether (sulfide) groups is 1. The van der Waals surface area contributed by atoms with E-state index in [2.05, 4.69) is 34.5 Å². The second kappa shape index (κ2) is 5.36. The first-order valence-corrected chi connectivity index (χ1v) is 9.02. The van der Waals surface area contributed by atoms with Gasteiger partial charge in [-0.2, -0.15) is 0 Å². The number of nitrogens with one attached hydrogen (secondary N) is 1. The summed E-state index contributed by atoms with van der Waals surface area (Å²) in [6, 6.07) is 9.00. The molecule has 1 spiro atoms.